The highest BCUT2D eigenvalue weighted by molar-refractivity contribution is 5.76. The molecule has 4 rings (SSSR count). The molecule has 0 bridgehead atoms. The number of hydrogen-bond donors (Lipinski definition) is 2. The molecule has 150 valence electrons. The maximum atomic E-state index is 12.3. The highest BCUT2D eigenvalue weighted by Crippen LogP contribution is 2.33. The molecule has 1 aromatic heterocycles. The van der Waals surface area contributed by atoms with Gasteiger partial charge in [0, 0.05) is 30.5 Å². The summed E-state index contributed by atoms with van der Waals surface area (Å²) in [5.74, 6) is 2.47. The Kier molecular flexibility index (Phi) is 6.05. The van der Waals surface area contributed by atoms with E-state index in [1.165, 1.54) is 25.7 Å². The first-order valence-electron chi connectivity index (χ1n) is 10.6. The number of benzene rings is 1. The zero-order valence-electron chi connectivity index (χ0n) is 16.4. The van der Waals surface area contributed by atoms with Gasteiger partial charge in [-0.05, 0) is 50.0 Å². The molecular formula is C22H30N4O2. The smallest absolute Gasteiger partial charge is 0.230 e. The summed E-state index contributed by atoms with van der Waals surface area (Å²) in [6.45, 7) is 0.526. The summed E-state index contributed by atoms with van der Waals surface area (Å²) >= 11 is 0. The van der Waals surface area contributed by atoms with Crippen LogP contribution in [0.2, 0.25) is 0 Å². The molecule has 2 fully saturated rings. The van der Waals surface area contributed by atoms with Crippen LogP contribution >= 0.6 is 0 Å². The highest BCUT2D eigenvalue weighted by Gasteiger charge is 2.28. The highest BCUT2D eigenvalue weighted by atomic mass is 16.5. The Morgan fingerprint density at radius 3 is 2.46 bits per heavy atom. The number of amides is 1. The van der Waals surface area contributed by atoms with Gasteiger partial charge in [0.2, 0.25) is 17.6 Å². The Bertz CT molecular complexity index is 772. The summed E-state index contributed by atoms with van der Waals surface area (Å²) < 4.78 is 5.55. The van der Waals surface area contributed by atoms with Crippen molar-refractivity contribution in [2.45, 2.75) is 76.3 Å². The second kappa shape index (κ2) is 8.86. The largest absolute Gasteiger partial charge is 0.353 e. The molecule has 2 aromatic rings. The fourth-order valence-corrected chi connectivity index (χ4v) is 4.56. The molecule has 1 amide bonds. The number of carbonyl (C=O) groups excluding carboxylic acids is 1. The summed E-state index contributed by atoms with van der Waals surface area (Å²) in [7, 11) is 0. The average Bonchev–Trinajstić information content (AvgIpc) is 3.41. The van der Waals surface area contributed by atoms with Crippen LogP contribution in [0.3, 0.4) is 0 Å². The van der Waals surface area contributed by atoms with E-state index < -0.39 is 0 Å². The maximum Gasteiger partial charge on any atom is 0.230 e. The molecule has 0 unspecified atom stereocenters. The van der Waals surface area contributed by atoms with Gasteiger partial charge in [0.05, 0.1) is 0 Å². The van der Waals surface area contributed by atoms with Crippen LogP contribution in [0.15, 0.2) is 28.8 Å². The van der Waals surface area contributed by atoms with E-state index in [4.69, 9.17) is 10.3 Å². The third-order valence-corrected chi connectivity index (χ3v) is 6.28. The lowest BCUT2D eigenvalue weighted by Crippen LogP contribution is -2.38. The molecule has 2 aliphatic carbocycles. The lowest BCUT2D eigenvalue weighted by atomic mass is 9.85. The van der Waals surface area contributed by atoms with E-state index in [2.05, 4.69) is 15.5 Å². The normalized spacial score (nSPS) is 23.0. The lowest BCUT2D eigenvalue weighted by Gasteiger charge is -2.27. The minimum atomic E-state index is 0.233. The number of hydrogen-bond acceptors (Lipinski definition) is 5. The minimum absolute atomic E-state index is 0.233. The van der Waals surface area contributed by atoms with E-state index in [1.807, 2.05) is 24.3 Å². The van der Waals surface area contributed by atoms with E-state index in [0.717, 1.165) is 36.8 Å². The second-order valence-corrected chi connectivity index (χ2v) is 8.33. The van der Waals surface area contributed by atoms with Crippen molar-refractivity contribution in [3.8, 4) is 11.4 Å². The first-order chi connectivity index (χ1) is 13.7. The summed E-state index contributed by atoms with van der Waals surface area (Å²) in [4.78, 5) is 16.9. The van der Waals surface area contributed by atoms with E-state index in [9.17, 15) is 4.79 Å². The van der Waals surface area contributed by atoms with Gasteiger partial charge in [-0.2, -0.15) is 4.98 Å². The van der Waals surface area contributed by atoms with Gasteiger partial charge in [-0.3, -0.25) is 4.79 Å². The van der Waals surface area contributed by atoms with Gasteiger partial charge in [-0.25, -0.2) is 0 Å². The lowest BCUT2D eigenvalue weighted by molar-refractivity contribution is -0.122. The van der Waals surface area contributed by atoms with E-state index in [-0.39, 0.29) is 17.9 Å². The van der Waals surface area contributed by atoms with Crippen LogP contribution in [0.1, 0.15) is 75.2 Å². The van der Waals surface area contributed by atoms with Crippen molar-refractivity contribution in [2.75, 3.05) is 0 Å². The topological polar surface area (TPSA) is 94.0 Å². The van der Waals surface area contributed by atoms with Crippen LogP contribution in [-0.4, -0.2) is 22.1 Å². The molecular weight excluding hydrogens is 352 g/mol. The van der Waals surface area contributed by atoms with Gasteiger partial charge in [0.15, 0.2) is 0 Å². The molecule has 1 heterocycles. The van der Waals surface area contributed by atoms with Crippen LogP contribution in [0.25, 0.3) is 11.4 Å². The molecule has 6 nitrogen and oxygen atoms in total. The van der Waals surface area contributed by atoms with Gasteiger partial charge < -0.3 is 15.6 Å². The van der Waals surface area contributed by atoms with Crippen LogP contribution in [0, 0.1) is 5.92 Å². The molecule has 1 aromatic carbocycles. The van der Waals surface area contributed by atoms with Crippen molar-refractivity contribution in [1.82, 2.24) is 15.5 Å². The first-order valence-corrected chi connectivity index (χ1v) is 10.6. The Morgan fingerprint density at radius 2 is 1.79 bits per heavy atom. The molecule has 0 atom stereocenters. The summed E-state index contributed by atoms with van der Waals surface area (Å²) in [6.07, 6.45) is 9.61. The summed E-state index contributed by atoms with van der Waals surface area (Å²) in [6, 6.07) is 8.23. The van der Waals surface area contributed by atoms with Crippen LogP contribution in [0.4, 0.5) is 0 Å². The zero-order valence-corrected chi connectivity index (χ0v) is 16.4. The fraction of sp³-hybridized carbons (Fsp3) is 0.591. The molecule has 2 aliphatic rings. The Labute approximate surface area is 166 Å². The summed E-state index contributed by atoms with van der Waals surface area (Å²) in [5.41, 5.74) is 7.67. The number of nitrogens with two attached hydrogens (primary N) is 1. The molecule has 0 aliphatic heterocycles. The second-order valence-electron chi connectivity index (χ2n) is 8.33. The van der Waals surface area contributed by atoms with Crippen molar-refractivity contribution in [3.05, 3.63) is 35.7 Å². The quantitative estimate of drug-likeness (QED) is 0.790. The van der Waals surface area contributed by atoms with Crippen molar-refractivity contribution in [3.63, 3.8) is 0 Å². The van der Waals surface area contributed by atoms with Gasteiger partial charge in [0.1, 0.15) is 0 Å². The Balaban J connectivity index is 1.27. The molecule has 3 N–H and O–H groups in total. The number of nitrogens with one attached hydrogen (secondary N) is 1. The Hall–Kier alpha value is -2.21. The fourth-order valence-electron chi connectivity index (χ4n) is 4.56. The molecule has 0 spiro atoms. The predicted molar refractivity (Wildman–Crippen MR) is 107 cm³/mol. The van der Waals surface area contributed by atoms with Gasteiger partial charge >= 0.3 is 0 Å². The average molecular weight is 383 g/mol. The standard InChI is InChI=1S/C22H30N4O2/c23-14-16-5-7-17(8-6-16)21-25-22(28-26-21)18-9-11-19(12-10-18)24-20(27)13-15-3-1-2-4-15/h5-8,15,18-19H,1-4,9-14,23H2,(H,24,27). The van der Waals surface area contributed by atoms with Crippen LogP contribution in [0.5, 0.6) is 0 Å². The number of rotatable bonds is 6. The molecule has 0 radical (unpaired) electrons. The number of nitrogens with zero attached hydrogens (tertiary/aromatic N) is 2. The minimum Gasteiger partial charge on any atom is -0.353 e. The van der Waals surface area contributed by atoms with E-state index in [0.29, 0.717) is 30.6 Å². The monoisotopic (exact) mass is 382 g/mol. The van der Waals surface area contributed by atoms with Gasteiger partial charge in [-0.1, -0.05) is 42.3 Å². The van der Waals surface area contributed by atoms with E-state index >= 15 is 0 Å². The van der Waals surface area contributed by atoms with Gasteiger partial charge in [-0.15, -0.1) is 0 Å². The first kappa shape index (κ1) is 19.1. The van der Waals surface area contributed by atoms with Crippen molar-refractivity contribution in [2.24, 2.45) is 11.7 Å². The zero-order chi connectivity index (χ0) is 19.3. The maximum absolute atomic E-state index is 12.3. The molecule has 2 saturated carbocycles. The third-order valence-electron chi connectivity index (χ3n) is 6.28. The van der Waals surface area contributed by atoms with Crippen LogP contribution in [-0.2, 0) is 11.3 Å². The number of aromatic nitrogens is 2. The van der Waals surface area contributed by atoms with E-state index in [1.54, 1.807) is 0 Å². The Morgan fingerprint density at radius 1 is 1.07 bits per heavy atom. The van der Waals surface area contributed by atoms with Crippen molar-refractivity contribution in [1.29, 1.82) is 0 Å². The van der Waals surface area contributed by atoms with Crippen molar-refractivity contribution >= 4 is 5.91 Å². The third kappa shape index (κ3) is 4.61. The SMILES string of the molecule is NCc1ccc(-c2noc(C3CCC(NC(=O)CC4CCCC4)CC3)n2)cc1. The predicted octanol–water partition coefficient (Wildman–Crippen LogP) is 3.92. The summed E-state index contributed by atoms with van der Waals surface area (Å²) in [5, 5.41) is 7.40. The molecule has 0 saturated heterocycles. The van der Waals surface area contributed by atoms with Crippen LogP contribution < -0.4 is 11.1 Å². The van der Waals surface area contributed by atoms with Crippen molar-refractivity contribution < 1.29 is 9.32 Å². The molecule has 28 heavy (non-hydrogen) atoms. The number of carbonyl (C=O) groups is 1. The van der Waals surface area contributed by atoms with Gasteiger partial charge in [0.25, 0.3) is 0 Å². The molecule has 6 heteroatoms.